The Morgan fingerprint density at radius 2 is 1.76 bits per heavy atom. The van der Waals surface area contributed by atoms with Gasteiger partial charge in [0.2, 0.25) is 0 Å². The molecule has 1 atom stereocenters. The molecule has 4 N–H and O–H groups in total. The number of quaternary nitrogens is 2. The first-order valence-electron chi connectivity index (χ1n) is 11.1. The molecule has 1 aliphatic heterocycles. The molecule has 1 saturated carbocycles. The predicted octanol–water partition coefficient (Wildman–Crippen LogP) is -0.604. The highest BCUT2D eigenvalue weighted by molar-refractivity contribution is 5.96. The third kappa shape index (κ3) is 7.01. The third-order valence-electron chi connectivity index (χ3n) is 6.25. The molecule has 1 saturated heterocycles. The number of piperazine rings is 1. The molecule has 3 amide bonds. The van der Waals surface area contributed by atoms with Crippen LogP contribution in [0.3, 0.4) is 0 Å². The van der Waals surface area contributed by atoms with Crippen LogP contribution in [0.5, 0.6) is 5.75 Å². The van der Waals surface area contributed by atoms with Crippen LogP contribution in [0.15, 0.2) is 30.3 Å². The summed E-state index contributed by atoms with van der Waals surface area (Å²) < 4.78 is 5.79. The van der Waals surface area contributed by atoms with Gasteiger partial charge in [0.05, 0.1) is 0 Å². The molecule has 3 rings (SSSR count). The van der Waals surface area contributed by atoms with Gasteiger partial charge in [0.25, 0.3) is 5.91 Å². The van der Waals surface area contributed by atoms with Crippen LogP contribution in [-0.4, -0.2) is 63.4 Å². The minimum Gasteiger partial charge on any atom is -0.488 e. The zero-order chi connectivity index (χ0) is 20.5. The summed E-state index contributed by atoms with van der Waals surface area (Å²) in [6.45, 7) is 7.47. The van der Waals surface area contributed by atoms with Crippen LogP contribution in [0.4, 0.5) is 4.79 Å². The molecule has 0 unspecified atom stereocenters. The Labute approximate surface area is 173 Å². The van der Waals surface area contributed by atoms with Crippen molar-refractivity contribution in [2.45, 2.75) is 51.1 Å². The summed E-state index contributed by atoms with van der Waals surface area (Å²) in [6.07, 6.45) is 5.58. The summed E-state index contributed by atoms with van der Waals surface area (Å²) in [6, 6.07) is 9.55. The summed E-state index contributed by atoms with van der Waals surface area (Å²) in [4.78, 5) is 27.4. The molecule has 0 aromatic heterocycles. The second-order valence-corrected chi connectivity index (χ2v) is 8.34. The van der Waals surface area contributed by atoms with Gasteiger partial charge >= 0.3 is 6.03 Å². The summed E-state index contributed by atoms with van der Waals surface area (Å²) in [5, 5.41) is 5.50. The number of amides is 3. The number of carbonyl (C=O) groups excluding carboxylic acids is 2. The maximum atomic E-state index is 12.5. The van der Waals surface area contributed by atoms with Crippen molar-refractivity contribution in [2.24, 2.45) is 0 Å². The zero-order valence-corrected chi connectivity index (χ0v) is 17.5. The molecule has 7 heteroatoms. The van der Waals surface area contributed by atoms with Crippen LogP contribution >= 0.6 is 0 Å². The summed E-state index contributed by atoms with van der Waals surface area (Å²) in [7, 11) is 0. The van der Waals surface area contributed by atoms with Crippen molar-refractivity contribution in [3.05, 3.63) is 30.3 Å². The normalized spacial score (nSPS) is 23.8. The molecule has 0 radical (unpaired) electrons. The molecule has 1 heterocycles. The van der Waals surface area contributed by atoms with Crippen molar-refractivity contribution in [2.75, 3.05) is 39.3 Å². The van der Waals surface area contributed by atoms with Crippen molar-refractivity contribution in [3.8, 4) is 5.75 Å². The van der Waals surface area contributed by atoms with Crippen LogP contribution < -0.4 is 25.2 Å². The van der Waals surface area contributed by atoms with Crippen LogP contribution in [-0.2, 0) is 4.79 Å². The maximum absolute atomic E-state index is 12.5. The molecule has 2 aliphatic rings. The van der Waals surface area contributed by atoms with Gasteiger partial charge in [0.1, 0.15) is 45.1 Å². The number of ether oxygens (including phenoxy) is 1. The van der Waals surface area contributed by atoms with Gasteiger partial charge < -0.3 is 19.9 Å². The number of para-hydroxylation sites is 1. The van der Waals surface area contributed by atoms with Crippen LogP contribution in [0.1, 0.15) is 39.0 Å². The van der Waals surface area contributed by atoms with Crippen molar-refractivity contribution in [1.82, 2.24) is 10.6 Å². The van der Waals surface area contributed by atoms with Crippen LogP contribution in [0.2, 0.25) is 0 Å². The molecule has 7 nitrogen and oxygen atoms in total. The Balaban J connectivity index is 1.32. The zero-order valence-electron chi connectivity index (χ0n) is 17.5. The van der Waals surface area contributed by atoms with E-state index < -0.39 is 0 Å². The van der Waals surface area contributed by atoms with E-state index in [9.17, 15) is 9.59 Å². The first-order chi connectivity index (χ1) is 14.1. The smallest absolute Gasteiger partial charge is 0.321 e. The van der Waals surface area contributed by atoms with Gasteiger partial charge in [0, 0.05) is 6.04 Å². The maximum Gasteiger partial charge on any atom is 0.321 e. The number of urea groups is 1. The molecule has 1 aliphatic carbocycles. The van der Waals surface area contributed by atoms with Gasteiger partial charge in [-0.05, 0) is 31.9 Å². The van der Waals surface area contributed by atoms with Gasteiger partial charge in [-0.15, -0.1) is 0 Å². The monoisotopic (exact) mass is 404 g/mol. The average Bonchev–Trinajstić information content (AvgIpc) is 2.75. The Morgan fingerprint density at radius 3 is 2.45 bits per heavy atom. The number of benzene rings is 1. The van der Waals surface area contributed by atoms with Crippen molar-refractivity contribution in [1.29, 1.82) is 0 Å². The van der Waals surface area contributed by atoms with Gasteiger partial charge in [0.15, 0.2) is 6.04 Å². The lowest BCUT2D eigenvalue weighted by Gasteiger charge is -2.32. The Morgan fingerprint density at radius 1 is 1.07 bits per heavy atom. The minimum atomic E-state index is -0.338. The van der Waals surface area contributed by atoms with Crippen LogP contribution in [0.25, 0.3) is 0 Å². The highest BCUT2D eigenvalue weighted by atomic mass is 16.5. The van der Waals surface area contributed by atoms with Crippen LogP contribution in [0, 0.1) is 0 Å². The third-order valence-corrected chi connectivity index (χ3v) is 6.25. The Kier molecular flexibility index (Phi) is 8.31. The van der Waals surface area contributed by atoms with E-state index >= 15 is 0 Å². The fourth-order valence-corrected chi connectivity index (χ4v) is 4.31. The van der Waals surface area contributed by atoms with Gasteiger partial charge in [-0.25, -0.2) is 4.79 Å². The summed E-state index contributed by atoms with van der Waals surface area (Å²) in [5.41, 5.74) is 0. The van der Waals surface area contributed by atoms with Crippen molar-refractivity contribution < 1.29 is 24.1 Å². The molecule has 2 fully saturated rings. The van der Waals surface area contributed by atoms with Gasteiger partial charge in [-0.1, -0.05) is 37.5 Å². The van der Waals surface area contributed by atoms with E-state index in [1.54, 1.807) is 0 Å². The molecular weight excluding hydrogens is 368 g/mol. The van der Waals surface area contributed by atoms with E-state index in [1.165, 1.54) is 16.2 Å². The van der Waals surface area contributed by atoms with E-state index in [2.05, 4.69) is 10.6 Å². The molecule has 0 spiro atoms. The molecule has 160 valence electrons. The fourth-order valence-electron chi connectivity index (χ4n) is 4.31. The van der Waals surface area contributed by atoms with E-state index in [-0.39, 0.29) is 24.0 Å². The molecule has 1 aromatic rings. The number of nitrogens with one attached hydrogen (secondary N) is 4. The number of hydrogen-bond donors (Lipinski definition) is 4. The molecule has 1 aromatic carbocycles. The fraction of sp³-hybridized carbons (Fsp3) is 0.636. The SMILES string of the molecule is C[C@H](C(=O)NC(=O)NC1CCCCC1)[NH+]1CC[NH+](CCOc2ccccc2)CC1. The number of imide groups is 1. The highest BCUT2D eigenvalue weighted by Crippen LogP contribution is 2.17. The number of hydrogen-bond acceptors (Lipinski definition) is 3. The van der Waals surface area contributed by atoms with Crippen molar-refractivity contribution in [3.63, 3.8) is 0 Å². The minimum absolute atomic E-state index is 0.177. The number of rotatable bonds is 7. The Bertz CT molecular complexity index is 641. The van der Waals surface area contributed by atoms with E-state index in [0.717, 1.165) is 64.2 Å². The van der Waals surface area contributed by atoms with Gasteiger partial charge in [-0.3, -0.25) is 10.1 Å². The lowest BCUT2D eigenvalue weighted by atomic mass is 9.96. The summed E-state index contributed by atoms with van der Waals surface area (Å²) >= 11 is 0. The van der Waals surface area contributed by atoms with E-state index in [0.29, 0.717) is 6.61 Å². The quantitative estimate of drug-likeness (QED) is 0.490. The van der Waals surface area contributed by atoms with E-state index in [4.69, 9.17) is 4.74 Å². The number of carbonyl (C=O) groups is 2. The molecular formula is C22H36N4O3+2. The average molecular weight is 405 g/mol. The van der Waals surface area contributed by atoms with E-state index in [1.807, 2.05) is 37.3 Å². The summed E-state index contributed by atoms with van der Waals surface area (Å²) in [5.74, 6) is 0.733. The van der Waals surface area contributed by atoms with Crippen molar-refractivity contribution >= 4 is 11.9 Å². The Hall–Kier alpha value is -2.12. The molecule has 0 bridgehead atoms. The lowest BCUT2D eigenvalue weighted by molar-refractivity contribution is -1.02. The first kappa shape index (κ1) is 21.6. The second kappa shape index (κ2) is 11.2. The first-order valence-corrected chi connectivity index (χ1v) is 11.1. The second-order valence-electron chi connectivity index (χ2n) is 8.34. The predicted molar refractivity (Wildman–Crippen MR) is 111 cm³/mol. The highest BCUT2D eigenvalue weighted by Gasteiger charge is 2.32. The largest absolute Gasteiger partial charge is 0.488 e. The topological polar surface area (TPSA) is 76.3 Å². The molecule has 29 heavy (non-hydrogen) atoms. The lowest BCUT2D eigenvalue weighted by Crippen LogP contribution is -3.30. The van der Waals surface area contributed by atoms with Gasteiger partial charge in [-0.2, -0.15) is 0 Å². The standard InChI is InChI=1S/C22H34N4O3/c1-18(21(27)24-22(28)23-19-8-4-2-5-9-19)26-14-12-25(13-15-26)16-17-29-20-10-6-3-7-11-20/h3,6-7,10-11,18-19H,2,4-5,8-9,12-17H2,1H3,(H2,23,24,27,28)/p+2/t18-/m1/s1.